The molecule has 1 atom stereocenters. The Morgan fingerprint density at radius 2 is 1.07 bits per heavy atom. The highest BCUT2D eigenvalue weighted by Gasteiger charge is 2.52. The predicted molar refractivity (Wildman–Crippen MR) is 175 cm³/mol. The Hall–Kier alpha value is -4.04. The molecule has 2 aliphatic heterocycles. The zero-order valence-electron chi connectivity index (χ0n) is 25.2. The summed E-state index contributed by atoms with van der Waals surface area (Å²) in [5.74, 6) is 0. The SMILES string of the molecule is Cc1cc(C)c2c(c1)C(C)(C)c1cc(C)cc(C)c1N2B1c2ccccc2C2(C)c3ccccc3-c3cccc1c32. The first-order valence-electron chi connectivity index (χ1n) is 15.0. The van der Waals surface area contributed by atoms with E-state index < -0.39 is 0 Å². The second-order valence-electron chi connectivity index (χ2n) is 13.4. The van der Waals surface area contributed by atoms with Gasteiger partial charge in [-0.05, 0) is 95.6 Å². The molecule has 0 radical (unpaired) electrons. The van der Waals surface area contributed by atoms with Gasteiger partial charge in [0.05, 0.1) is 0 Å². The van der Waals surface area contributed by atoms with E-state index in [1.807, 2.05) is 0 Å². The van der Waals surface area contributed by atoms with Crippen LogP contribution in [0.15, 0.2) is 91.0 Å². The highest BCUT2D eigenvalue weighted by atomic mass is 15.1. The van der Waals surface area contributed by atoms with Crippen LogP contribution >= 0.6 is 0 Å². The average molecular weight is 530 g/mol. The van der Waals surface area contributed by atoms with E-state index in [1.54, 1.807) is 0 Å². The third-order valence-electron chi connectivity index (χ3n) is 10.4. The number of benzene rings is 5. The summed E-state index contributed by atoms with van der Waals surface area (Å²) in [6, 6.07) is 35.0. The van der Waals surface area contributed by atoms with E-state index in [1.165, 1.54) is 83.5 Å². The summed E-state index contributed by atoms with van der Waals surface area (Å²) in [5.41, 5.74) is 20.6. The van der Waals surface area contributed by atoms with E-state index in [4.69, 9.17) is 0 Å². The Bertz CT molecular complexity index is 1880. The number of rotatable bonds is 1. The third kappa shape index (κ3) is 2.98. The zero-order chi connectivity index (χ0) is 28.4. The van der Waals surface area contributed by atoms with E-state index in [0.29, 0.717) is 0 Å². The van der Waals surface area contributed by atoms with Crippen LogP contribution in [0.4, 0.5) is 11.4 Å². The lowest BCUT2D eigenvalue weighted by molar-refractivity contribution is 0.630. The average Bonchev–Trinajstić information content (AvgIpc) is 3.21. The molecule has 0 N–H and O–H groups in total. The fourth-order valence-corrected chi connectivity index (χ4v) is 8.81. The van der Waals surface area contributed by atoms with Crippen LogP contribution in [-0.2, 0) is 10.8 Å². The molecule has 0 bridgehead atoms. The Balaban J connectivity index is 1.53. The smallest absolute Gasteiger partial charge is 0.328 e. The van der Waals surface area contributed by atoms with Gasteiger partial charge >= 0.3 is 6.85 Å². The van der Waals surface area contributed by atoms with E-state index in [-0.39, 0.29) is 17.7 Å². The van der Waals surface area contributed by atoms with Crippen molar-refractivity contribution >= 4 is 29.1 Å². The van der Waals surface area contributed by atoms with Crippen molar-refractivity contribution in [3.63, 3.8) is 0 Å². The first kappa shape index (κ1) is 24.7. The predicted octanol–water partition coefficient (Wildman–Crippen LogP) is 8.15. The molecule has 3 aliphatic rings. The van der Waals surface area contributed by atoms with Gasteiger partial charge in [-0.2, -0.15) is 0 Å². The van der Waals surface area contributed by atoms with E-state index in [0.717, 1.165) is 0 Å². The van der Waals surface area contributed by atoms with Crippen molar-refractivity contribution in [2.45, 2.75) is 59.3 Å². The molecular formula is C39H36BN. The summed E-state index contributed by atoms with van der Waals surface area (Å²) in [4.78, 5) is 2.73. The molecule has 0 aromatic heterocycles. The van der Waals surface area contributed by atoms with E-state index in [9.17, 15) is 0 Å². The number of aryl methyl sites for hydroxylation is 4. The van der Waals surface area contributed by atoms with Crippen molar-refractivity contribution < 1.29 is 0 Å². The highest BCUT2D eigenvalue weighted by Crippen LogP contribution is 2.56. The molecule has 2 heterocycles. The second kappa shape index (κ2) is 8.04. The second-order valence-corrected chi connectivity index (χ2v) is 13.4. The van der Waals surface area contributed by atoms with Crippen LogP contribution in [-0.4, -0.2) is 6.85 Å². The molecule has 0 saturated heterocycles. The molecule has 41 heavy (non-hydrogen) atoms. The molecule has 0 amide bonds. The van der Waals surface area contributed by atoms with Gasteiger partial charge in [0.25, 0.3) is 0 Å². The fraction of sp³-hybridized carbons (Fsp3) is 0.231. The Morgan fingerprint density at radius 1 is 0.537 bits per heavy atom. The van der Waals surface area contributed by atoms with Crippen molar-refractivity contribution in [1.82, 2.24) is 0 Å². The molecule has 200 valence electrons. The van der Waals surface area contributed by atoms with Crippen molar-refractivity contribution in [2.24, 2.45) is 0 Å². The van der Waals surface area contributed by atoms with Crippen molar-refractivity contribution in [3.8, 4) is 11.1 Å². The zero-order valence-corrected chi connectivity index (χ0v) is 25.2. The lowest BCUT2D eigenvalue weighted by atomic mass is 9.40. The quantitative estimate of drug-likeness (QED) is 0.198. The van der Waals surface area contributed by atoms with Crippen LogP contribution in [0.2, 0.25) is 0 Å². The summed E-state index contributed by atoms with van der Waals surface area (Å²) >= 11 is 0. The van der Waals surface area contributed by atoms with Crippen LogP contribution in [0.25, 0.3) is 11.1 Å². The summed E-state index contributed by atoms with van der Waals surface area (Å²) in [7, 11) is 0. The normalized spacial score (nSPS) is 18.8. The minimum Gasteiger partial charge on any atom is -0.376 e. The van der Waals surface area contributed by atoms with Crippen molar-refractivity contribution in [3.05, 3.63) is 141 Å². The molecule has 0 spiro atoms. The summed E-state index contributed by atoms with van der Waals surface area (Å²) in [5, 5.41) is 0. The fourth-order valence-electron chi connectivity index (χ4n) is 8.81. The molecule has 0 fully saturated rings. The molecule has 0 saturated carbocycles. The number of anilines is 2. The maximum atomic E-state index is 2.73. The number of fused-ring (bicyclic) bond motifs is 7. The first-order chi connectivity index (χ1) is 19.6. The minimum atomic E-state index is -0.180. The molecule has 5 aromatic carbocycles. The van der Waals surface area contributed by atoms with Gasteiger partial charge in [0.2, 0.25) is 0 Å². The monoisotopic (exact) mass is 529 g/mol. The van der Waals surface area contributed by atoms with E-state index >= 15 is 0 Å². The maximum absolute atomic E-state index is 2.73. The molecule has 1 unspecified atom stereocenters. The minimum absolute atomic E-state index is 0.0694. The van der Waals surface area contributed by atoms with Gasteiger partial charge < -0.3 is 4.81 Å². The van der Waals surface area contributed by atoms with Crippen LogP contribution < -0.4 is 15.7 Å². The van der Waals surface area contributed by atoms with Gasteiger partial charge in [0.1, 0.15) is 0 Å². The largest absolute Gasteiger partial charge is 0.376 e. The van der Waals surface area contributed by atoms with Crippen molar-refractivity contribution in [1.29, 1.82) is 0 Å². The van der Waals surface area contributed by atoms with Gasteiger partial charge in [0.15, 0.2) is 0 Å². The molecule has 2 heteroatoms. The molecule has 8 rings (SSSR count). The number of hydrogen-bond acceptors (Lipinski definition) is 1. The first-order valence-corrected chi connectivity index (χ1v) is 15.0. The number of hydrogen-bond donors (Lipinski definition) is 0. The standard InChI is InChI=1S/C39H36BN/c1-23-19-25(3)36-31(21-23)38(5,6)32-22-24(2)20-26(4)37(32)41(36)40-33-17-11-10-16-30(33)39(7)29-15-9-8-13-27(29)28-14-12-18-34(40)35(28)39/h8-22H,1-7H3. The summed E-state index contributed by atoms with van der Waals surface area (Å²) in [6.45, 7) is 16.5. The Kier molecular flexibility index (Phi) is 4.85. The topological polar surface area (TPSA) is 3.24 Å². The molecule has 1 nitrogen and oxygen atoms in total. The Morgan fingerprint density at radius 3 is 1.73 bits per heavy atom. The van der Waals surface area contributed by atoms with Crippen molar-refractivity contribution in [2.75, 3.05) is 4.81 Å². The maximum Gasteiger partial charge on any atom is 0.328 e. The Labute approximate surface area is 245 Å². The molecule has 1 aliphatic carbocycles. The molecule has 5 aromatic rings. The summed E-state index contributed by atoms with van der Waals surface area (Å²) < 4.78 is 0. The van der Waals surface area contributed by atoms with E-state index in [2.05, 4.69) is 144 Å². The third-order valence-corrected chi connectivity index (χ3v) is 10.4. The van der Waals surface area contributed by atoms with Crippen LogP contribution in [0.1, 0.15) is 70.8 Å². The summed E-state index contributed by atoms with van der Waals surface area (Å²) in [6.07, 6.45) is 0. The van der Waals surface area contributed by atoms with Gasteiger partial charge in [-0.3, -0.25) is 0 Å². The van der Waals surface area contributed by atoms with Crippen LogP contribution in [0.3, 0.4) is 0 Å². The van der Waals surface area contributed by atoms with Gasteiger partial charge in [-0.1, -0.05) is 116 Å². The van der Waals surface area contributed by atoms with Crippen LogP contribution in [0, 0.1) is 27.7 Å². The highest BCUT2D eigenvalue weighted by molar-refractivity contribution is 6.90. The lowest BCUT2D eigenvalue weighted by Gasteiger charge is -2.49. The van der Waals surface area contributed by atoms with Gasteiger partial charge in [-0.25, -0.2) is 0 Å². The van der Waals surface area contributed by atoms with Gasteiger partial charge in [0, 0.05) is 22.2 Å². The lowest BCUT2D eigenvalue weighted by Crippen LogP contribution is -2.63. The van der Waals surface area contributed by atoms with Gasteiger partial charge in [-0.15, -0.1) is 0 Å². The molecular weight excluding hydrogens is 493 g/mol. The number of nitrogens with zero attached hydrogens (tertiary/aromatic N) is 1. The van der Waals surface area contributed by atoms with Crippen LogP contribution in [0.5, 0.6) is 0 Å².